The molecular formula is C16H19N3O2. The van der Waals surface area contributed by atoms with Crippen molar-refractivity contribution in [3.63, 3.8) is 0 Å². The number of aromatic nitrogens is 2. The van der Waals surface area contributed by atoms with Gasteiger partial charge in [0.1, 0.15) is 6.04 Å². The van der Waals surface area contributed by atoms with E-state index in [4.69, 9.17) is 4.74 Å². The second-order valence-electron chi connectivity index (χ2n) is 5.19. The molecule has 1 aliphatic heterocycles. The van der Waals surface area contributed by atoms with Gasteiger partial charge in [-0.15, -0.1) is 0 Å². The Bertz CT molecular complexity index is 639. The highest BCUT2D eigenvalue weighted by Gasteiger charge is 2.31. The van der Waals surface area contributed by atoms with Crippen molar-refractivity contribution in [3.8, 4) is 0 Å². The number of ether oxygens (including phenoxy) is 1. The van der Waals surface area contributed by atoms with Gasteiger partial charge in [0.15, 0.2) is 0 Å². The van der Waals surface area contributed by atoms with Gasteiger partial charge in [0.25, 0.3) is 0 Å². The third-order valence-corrected chi connectivity index (χ3v) is 3.86. The lowest BCUT2D eigenvalue weighted by Crippen LogP contribution is -2.45. The number of pyridine rings is 2. The van der Waals surface area contributed by atoms with E-state index in [1.54, 1.807) is 18.6 Å². The van der Waals surface area contributed by atoms with Gasteiger partial charge in [-0.3, -0.25) is 9.97 Å². The summed E-state index contributed by atoms with van der Waals surface area (Å²) >= 11 is 0. The molecule has 1 unspecified atom stereocenters. The first-order valence-corrected chi connectivity index (χ1v) is 7.43. The van der Waals surface area contributed by atoms with Gasteiger partial charge in [-0.1, -0.05) is 0 Å². The normalized spacial score (nSPS) is 18.7. The van der Waals surface area contributed by atoms with E-state index in [2.05, 4.69) is 14.9 Å². The Morgan fingerprint density at radius 3 is 3.19 bits per heavy atom. The van der Waals surface area contributed by atoms with Crippen LogP contribution in [-0.4, -0.2) is 35.1 Å². The number of fused-ring (bicyclic) bond motifs is 1. The first-order valence-electron chi connectivity index (χ1n) is 7.43. The fourth-order valence-electron chi connectivity index (χ4n) is 2.90. The molecule has 3 rings (SSSR count). The number of piperidine rings is 1. The van der Waals surface area contributed by atoms with Gasteiger partial charge in [0, 0.05) is 24.3 Å². The monoisotopic (exact) mass is 285 g/mol. The minimum absolute atomic E-state index is 0.148. The molecule has 1 atom stereocenters. The van der Waals surface area contributed by atoms with Crippen molar-refractivity contribution in [1.29, 1.82) is 0 Å². The number of hydrogen-bond donors (Lipinski definition) is 0. The molecule has 0 bridgehead atoms. The number of nitrogens with zero attached hydrogens (tertiary/aromatic N) is 3. The molecule has 1 fully saturated rings. The van der Waals surface area contributed by atoms with Crippen molar-refractivity contribution in [2.24, 2.45) is 0 Å². The first-order chi connectivity index (χ1) is 10.3. The molecule has 1 saturated heterocycles. The highest BCUT2D eigenvalue weighted by Crippen LogP contribution is 2.30. The zero-order chi connectivity index (χ0) is 14.7. The Hall–Kier alpha value is -2.17. The fraction of sp³-hybridized carbons (Fsp3) is 0.438. The molecule has 2 aromatic heterocycles. The van der Waals surface area contributed by atoms with Gasteiger partial charge < -0.3 is 9.64 Å². The molecular weight excluding hydrogens is 266 g/mol. The standard InChI is InChI=1S/C16H19N3O2/c1-2-21-16(20)13-7-3-4-9-19(13)14-11-17-10-12-6-5-8-18-15(12)14/h5-6,8,10-11,13H,2-4,7,9H2,1H3. The Labute approximate surface area is 124 Å². The van der Waals surface area contributed by atoms with Crippen LogP contribution in [0.1, 0.15) is 26.2 Å². The molecule has 0 aromatic carbocycles. The summed E-state index contributed by atoms with van der Waals surface area (Å²) in [4.78, 5) is 23.1. The average molecular weight is 285 g/mol. The topological polar surface area (TPSA) is 55.3 Å². The Balaban J connectivity index is 2.00. The zero-order valence-corrected chi connectivity index (χ0v) is 12.2. The van der Waals surface area contributed by atoms with E-state index in [0.717, 1.165) is 42.4 Å². The number of carbonyl (C=O) groups excluding carboxylic acids is 1. The first kappa shape index (κ1) is 13.8. The summed E-state index contributed by atoms with van der Waals surface area (Å²) in [6.07, 6.45) is 8.31. The number of anilines is 1. The quantitative estimate of drug-likeness (QED) is 0.811. The molecule has 1 aliphatic rings. The third kappa shape index (κ3) is 2.68. The van der Waals surface area contributed by atoms with E-state index < -0.39 is 0 Å². The van der Waals surface area contributed by atoms with Crippen LogP contribution >= 0.6 is 0 Å². The summed E-state index contributed by atoms with van der Waals surface area (Å²) in [6.45, 7) is 3.09. The van der Waals surface area contributed by atoms with E-state index in [9.17, 15) is 4.79 Å². The van der Waals surface area contributed by atoms with E-state index in [0.29, 0.717) is 6.61 Å². The van der Waals surface area contributed by atoms with Crippen LogP contribution in [0.2, 0.25) is 0 Å². The molecule has 0 aliphatic carbocycles. The number of carbonyl (C=O) groups is 1. The van der Waals surface area contributed by atoms with Crippen LogP contribution in [0, 0.1) is 0 Å². The number of rotatable bonds is 3. The zero-order valence-electron chi connectivity index (χ0n) is 12.2. The molecule has 0 N–H and O–H groups in total. The maximum Gasteiger partial charge on any atom is 0.328 e. The van der Waals surface area contributed by atoms with Crippen molar-refractivity contribution < 1.29 is 9.53 Å². The predicted octanol–water partition coefficient (Wildman–Crippen LogP) is 2.55. The van der Waals surface area contributed by atoms with Gasteiger partial charge in [-0.25, -0.2) is 4.79 Å². The minimum Gasteiger partial charge on any atom is -0.464 e. The summed E-state index contributed by atoms with van der Waals surface area (Å²) < 4.78 is 5.22. The molecule has 0 radical (unpaired) electrons. The van der Waals surface area contributed by atoms with E-state index in [1.807, 2.05) is 19.1 Å². The lowest BCUT2D eigenvalue weighted by atomic mass is 10.0. The fourth-order valence-corrected chi connectivity index (χ4v) is 2.90. The molecule has 21 heavy (non-hydrogen) atoms. The Morgan fingerprint density at radius 2 is 2.33 bits per heavy atom. The predicted molar refractivity (Wildman–Crippen MR) is 81.2 cm³/mol. The van der Waals surface area contributed by atoms with Crippen LogP contribution in [0.15, 0.2) is 30.7 Å². The van der Waals surface area contributed by atoms with E-state index >= 15 is 0 Å². The van der Waals surface area contributed by atoms with Crippen molar-refractivity contribution in [2.75, 3.05) is 18.1 Å². The minimum atomic E-state index is -0.229. The second kappa shape index (κ2) is 6.08. The average Bonchev–Trinajstić information content (AvgIpc) is 2.54. The molecule has 0 saturated carbocycles. The molecule has 2 aromatic rings. The van der Waals surface area contributed by atoms with Crippen molar-refractivity contribution in [3.05, 3.63) is 30.7 Å². The van der Waals surface area contributed by atoms with E-state index in [1.165, 1.54) is 0 Å². The Morgan fingerprint density at radius 1 is 1.43 bits per heavy atom. The van der Waals surface area contributed by atoms with Gasteiger partial charge in [0.2, 0.25) is 0 Å². The molecule has 5 nitrogen and oxygen atoms in total. The van der Waals surface area contributed by atoms with Crippen LogP contribution in [-0.2, 0) is 9.53 Å². The Kier molecular flexibility index (Phi) is 3.99. The number of esters is 1. The van der Waals surface area contributed by atoms with Crippen molar-refractivity contribution in [2.45, 2.75) is 32.2 Å². The highest BCUT2D eigenvalue weighted by molar-refractivity contribution is 5.92. The van der Waals surface area contributed by atoms with Crippen LogP contribution < -0.4 is 4.90 Å². The lowest BCUT2D eigenvalue weighted by Gasteiger charge is -2.35. The van der Waals surface area contributed by atoms with Gasteiger partial charge >= 0.3 is 5.97 Å². The van der Waals surface area contributed by atoms with Gasteiger partial charge in [-0.2, -0.15) is 0 Å². The smallest absolute Gasteiger partial charge is 0.328 e. The molecule has 110 valence electrons. The van der Waals surface area contributed by atoms with Crippen LogP contribution in [0.3, 0.4) is 0 Å². The van der Waals surface area contributed by atoms with Crippen LogP contribution in [0.4, 0.5) is 5.69 Å². The number of hydrogen-bond acceptors (Lipinski definition) is 5. The molecule has 5 heteroatoms. The van der Waals surface area contributed by atoms with Crippen molar-refractivity contribution >= 4 is 22.6 Å². The maximum atomic E-state index is 12.2. The van der Waals surface area contributed by atoms with Crippen molar-refractivity contribution in [1.82, 2.24) is 9.97 Å². The van der Waals surface area contributed by atoms with E-state index in [-0.39, 0.29) is 12.0 Å². The van der Waals surface area contributed by atoms with Crippen LogP contribution in [0.25, 0.3) is 10.9 Å². The highest BCUT2D eigenvalue weighted by atomic mass is 16.5. The summed E-state index contributed by atoms with van der Waals surface area (Å²) in [7, 11) is 0. The van der Waals surface area contributed by atoms with Gasteiger partial charge in [0.05, 0.1) is 24.0 Å². The SMILES string of the molecule is CCOC(=O)C1CCCCN1c1cncc2cccnc12. The molecule has 3 heterocycles. The summed E-state index contributed by atoms with van der Waals surface area (Å²) in [5.74, 6) is -0.148. The summed E-state index contributed by atoms with van der Waals surface area (Å²) in [6, 6.07) is 3.66. The summed E-state index contributed by atoms with van der Waals surface area (Å²) in [5, 5.41) is 0.989. The molecule has 0 spiro atoms. The third-order valence-electron chi connectivity index (χ3n) is 3.86. The largest absolute Gasteiger partial charge is 0.464 e. The lowest BCUT2D eigenvalue weighted by molar-refractivity contribution is -0.145. The summed E-state index contributed by atoms with van der Waals surface area (Å²) in [5.41, 5.74) is 1.81. The molecule has 0 amide bonds. The van der Waals surface area contributed by atoms with Crippen LogP contribution in [0.5, 0.6) is 0 Å². The second-order valence-corrected chi connectivity index (χ2v) is 5.19. The maximum absolute atomic E-state index is 12.2. The van der Waals surface area contributed by atoms with Gasteiger partial charge in [-0.05, 0) is 38.3 Å².